The number of halogens is 4. The van der Waals surface area contributed by atoms with Crippen molar-refractivity contribution in [1.82, 2.24) is 0 Å². The van der Waals surface area contributed by atoms with Gasteiger partial charge in [-0.1, -0.05) is 0 Å². The molecule has 0 aliphatic carbocycles. The molecule has 0 spiro atoms. The van der Waals surface area contributed by atoms with Gasteiger partial charge in [0.05, 0.1) is 0 Å². The molecule has 0 radical (unpaired) electrons. The maximum atomic E-state index is 12.2. The van der Waals surface area contributed by atoms with Crippen molar-refractivity contribution in [2.45, 2.75) is 39.9 Å². The number of benzene rings is 1. The number of hydrogen-bond acceptors (Lipinski definition) is 2. The summed E-state index contributed by atoms with van der Waals surface area (Å²) in [4.78, 5) is 0. The summed E-state index contributed by atoms with van der Waals surface area (Å²) >= 11 is -1.97. The molecule has 130 valence electrons. The zero-order valence-electron chi connectivity index (χ0n) is 14.2. The molecule has 1 aromatic carbocycles. The number of ether oxygens (including phenoxy) is 1. The summed E-state index contributed by atoms with van der Waals surface area (Å²) in [6.07, 6.45) is -4.67. The number of rotatable bonds is 2. The molecule has 0 aromatic heterocycles. The third-order valence-electron chi connectivity index (χ3n) is 3.00. The molecule has 0 unspecified atom stereocenters. The first-order chi connectivity index (χ1) is 11.0. The van der Waals surface area contributed by atoms with Crippen LogP contribution in [0.25, 0.3) is 0 Å². The standard InChI is InChI=1S/C17H19F3INOSi/c1-12-16(10-11-24(3,4)5)13(2)22-21(12)14-6-8-15(9-7-14)23-17(18,19)20/h6-9H,1-5H3. The van der Waals surface area contributed by atoms with E-state index < -0.39 is 34.5 Å². The third kappa shape index (κ3) is 5.11. The van der Waals surface area contributed by atoms with Gasteiger partial charge in [-0.15, -0.1) is 0 Å². The molecule has 0 saturated carbocycles. The van der Waals surface area contributed by atoms with Gasteiger partial charge in [0.2, 0.25) is 0 Å². The van der Waals surface area contributed by atoms with Crippen molar-refractivity contribution in [3.05, 3.63) is 37.0 Å². The summed E-state index contributed by atoms with van der Waals surface area (Å²) in [5, 5.41) is 0. The van der Waals surface area contributed by atoms with E-state index in [2.05, 4.69) is 35.8 Å². The van der Waals surface area contributed by atoms with E-state index in [1.807, 2.05) is 13.8 Å². The van der Waals surface area contributed by atoms with E-state index >= 15 is 0 Å². The van der Waals surface area contributed by atoms with Gasteiger partial charge in [-0.05, 0) is 0 Å². The Morgan fingerprint density at radius 3 is 2.17 bits per heavy atom. The maximum absolute atomic E-state index is 12.2. The van der Waals surface area contributed by atoms with Gasteiger partial charge < -0.3 is 0 Å². The van der Waals surface area contributed by atoms with E-state index in [9.17, 15) is 13.2 Å². The quantitative estimate of drug-likeness (QED) is 0.307. The molecule has 1 aromatic rings. The van der Waals surface area contributed by atoms with Crippen LogP contribution < -0.4 is 4.74 Å². The molecular formula is C17H19F3INOSi. The summed E-state index contributed by atoms with van der Waals surface area (Å²) in [5.41, 5.74) is 5.32. The van der Waals surface area contributed by atoms with Gasteiger partial charge in [-0.3, -0.25) is 0 Å². The number of allylic oxidation sites excluding steroid dienone is 2. The molecule has 1 aliphatic heterocycles. The van der Waals surface area contributed by atoms with Crippen molar-refractivity contribution in [3.63, 3.8) is 0 Å². The Morgan fingerprint density at radius 1 is 1.08 bits per heavy atom. The van der Waals surface area contributed by atoms with Gasteiger partial charge in [-0.2, -0.15) is 0 Å². The fraction of sp³-hybridized carbons (Fsp3) is 0.353. The molecule has 0 atom stereocenters. The SMILES string of the molecule is CC1=NI(c2ccc(OC(F)(F)F)cc2)C(C)=C1C#C[Si](C)(C)C. The summed E-state index contributed by atoms with van der Waals surface area (Å²) in [5.74, 6) is 3.08. The van der Waals surface area contributed by atoms with Crippen LogP contribution in [-0.2, 0) is 0 Å². The molecule has 24 heavy (non-hydrogen) atoms. The Labute approximate surface area is 149 Å². The van der Waals surface area contributed by atoms with E-state index in [1.165, 1.54) is 15.7 Å². The van der Waals surface area contributed by atoms with Crippen LogP contribution in [0.1, 0.15) is 13.8 Å². The molecule has 7 heteroatoms. The topological polar surface area (TPSA) is 21.6 Å². The minimum atomic E-state index is -4.67. The molecule has 2 rings (SSSR count). The fourth-order valence-electron chi connectivity index (χ4n) is 1.97. The first kappa shape index (κ1) is 19.1. The Balaban J connectivity index is 2.27. The van der Waals surface area contributed by atoms with Crippen molar-refractivity contribution in [2.24, 2.45) is 3.21 Å². The van der Waals surface area contributed by atoms with Crippen LogP contribution in [0.3, 0.4) is 0 Å². The van der Waals surface area contributed by atoms with Gasteiger partial charge in [0.1, 0.15) is 0 Å². The molecule has 1 aliphatic rings. The molecule has 2 nitrogen and oxygen atoms in total. The number of alkyl halides is 3. The molecule has 0 fully saturated rings. The third-order valence-corrected chi connectivity index (χ3v) is 9.05. The monoisotopic (exact) mass is 465 g/mol. The number of nitrogens with zero attached hydrogens (tertiary/aromatic N) is 1. The van der Waals surface area contributed by atoms with Crippen LogP contribution >= 0.6 is 20.1 Å². The van der Waals surface area contributed by atoms with Crippen LogP contribution in [-0.4, -0.2) is 20.1 Å². The second kappa shape index (κ2) is 6.92. The second-order valence-electron chi connectivity index (χ2n) is 6.34. The van der Waals surface area contributed by atoms with Crippen LogP contribution in [0.5, 0.6) is 5.75 Å². The molecule has 1 heterocycles. The summed E-state index contributed by atoms with van der Waals surface area (Å²) in [7, 11) is -1.47. The molecule has 0 amide bonds. The first-order valence-corrected chi connectivity index (χ1v) is 13.9. The van der Waals surface area contributed by atoms with E-state index in [1.54, 1.807) is 12.1 Å². The first-order valence-electron chi connectivity index (χ1n) is 7.32. The average molecular weight is 465 g/mol. The van der Waals surface area contributed by atoms with E-state index in [4.69, 9.17) is 3.21 Å². The van der Waals surface area contributed by atoms with Gasteiger partial charge >= 0.3 is 149 Å². The predicted molar refractivity (Wildman–Crippen MR) is 103 cm³/mol. The van der Waals surface area contributed by atoms with Crippen molar-refractivity contribution >= 4 is 33.9 Å². The van der Waals surface area contributed by atoms with Gasteiger partial charge in [0, 0.05) is 0 Å². The van der Waals surface area contributed by atoms with E-state index in [0.29, 0.717) is 0 Å². The predicted octanol–water partition coefficient (Wildman–Crippen LogP) is 5.81. The molecule has 0 N–H and O–H groups in total. The molecule has 0 bridgehead atoms. The summed E-state index contributed by atoms with van der Waals surface area (Å²) in [6.45, 7) is 10.6. The van der Waals surface area contributed by atoms with Crippen molar-refractivity contribution in [3.8, 4) is 17.2 Å². The molecular weight excluding hydrogens is 446 g/mol. The zero-order chi connectivity index (χ0) is 18.1. The summed E-state index contributed by atoms with van der Waals surface area (Å²) < 4.78 is 47.6. The molecule has 0 saturated heterocycles. The van der Waals surface area contributed by atoms with Crippen molar-refractivity contribution in [2.75, 3.05) is 0 Å². The second-order valence-corrected chi connectivity index (χ2v) is 15.9. The normalized spacial score (nSPS) is 16.7. The zero-order valence-corrected chi connectivity index (χ0v) is 17.3. The minimum absolute atomic E-state index is 0.206. The number of hydrogen-bond donors (Lipinski definition) is 0. The van der Waals surface area contributed by atoms with Gasteiger partial charge in [-0.25, -0.2) is 0 Å². The van der Waals surface area contributed by atoms with Crippen molar-refractivity contribution in [1.29, 1.82) is 0 Å². The average Bonchev–Trinajstić information content (AvgIpc) is 2.70. The van der Waals surface area contributed by atoms with Crippen molar-refractivity contribution < 1.29 is 17.9 Å². The Bertz CT molecular complexity index is 749. The van der Waals surface area contributed by atoms with Crippen LogP contribution in [0, 0.1) is 15.0 Å². The van der Waals surface area contributed by atoms with Gasteiger partial charge in [0.15, 0.2) is 0 Å². The van der Waals surface area contributed by atoms with Gasteiger partial charge in [0.25, 0.3) is 0 Å². The van der Waals surface area contributed by atoms with Crippen LogP contribution in [0.15, 0.2) is 36.6 Å². The van der Waals surface area contributed by atoms with E-state index in [-0.39, 0.29) is 5.75 Å². The Morgan fingerprint density at radius 2 is 1.67 bits per heavy atom. The van der Waals surface area contributed by atoms with Crippen LogP contribution in [0.2, 0.25) is 19.6 Å². The summed E-state index contributed by atoms with van der Waals surface area (Å²) in [6, 6.07) is 6.07. The van der Waals surface area contributed by atoms with Crippen LogP contribution in [0.4, 0.5) is 13.2 Å². The Hall–Kier alpha value is -1.27. The van der Waals surface area contributed by atoms with E-state index in [0.717, 1.165) is 14.9 Å². The Kier molecular flexibility index (Phi) is 5.49. The fourth-order valence-corrected chi connectivity index (χ4v) is 7.08.